The molecule has 0 atom stereocenters. The Morgan fingerprint density at radius 1 is 1.40 bits per heavy atom. The molecule has 10 heavy (non-hydrogen) atoms. The molecular formula is C8H16NO. The Hall–Kier alpha value is -0.370. The standard InChI is InChI=1S/C8H16NO/c1-3-9(2)7-5-4-6-8-10/h3-7H2,1-2H3. The minimum atomic E-state index is 0.595. The lowest BCUT2D eigenvalue weighted by molar-refractivity contribution is 0.344. The quantitative estimate of drug-likeness (QED) is 0.520. The zero-order valence-corrected chi connectivity index (χ0v) is 6.89. The van der Waals surface area contributed by atoms with Gasteiger partial charge in [0.15, 0.2) is 6.29 Å². The van der Waals surface area contributed by atoms with E-state index in [1.165, 1.54) is 0 Å². The van der Waals surface area contributed by atoms with Crippen molar-refractivity contribution < 1.29 is 4.79 Å². The molecule has 0 aromatic carbocycles. The topological polar surface area (TPSA) is 20.3 Å². The van der Waals surface area contributed by atoms with Crippen LogP contribution in [0.25, 0.3) is 0 Å². The van der Waals surface area contributed by atoms with Crippen LogP contribution in [0.1, 0.15) is 26.2 Å². The van der Waals surface area contributed by atoms with E-state index in [0.29, 0.717) is 6.42 Å². The fourth-order valence-corrected chi connectivity index (χ4v) is 0.737. The maximum atomic E-state index is 9.78. The SMILES string of the molecule is CCN(C)CCCC[C]=O. The zero-order valence-electron chi connectivity index (χ0n) is 6.89. The number of hydrogen-bond acceptors (Lipinski definition) is 2. The van der Waals surface area contributed by atoms with Crippen LogP contribution in [0.3, 0.4) is 0 Å². The van der Waals surface area contributed by atoms with Gasteiger partial charge in [-0.15, -0.1) is 0 Å². The van der Waals surface area contributed by atoms with Gasteiger partial charge in [0.05, 0.1) is 0 Å². The molecule has 0 heterocycles. The lowest BCUT2D eigenvalue weighted by atomic mass is 10.2. The Balaban J connectivity index is 2.95. The molecule has 0 fully saturated rings. The molecule has 0 aliphatic rings. The molecule has 0 aromatic heterocycles. The summed E-state index contributed by atoms with van der Waals surface area (Å²) >= 11 is 0. The van der Waals surface area contributed by atoms with Gasteiger partial charge in [0, 0.05) is 6.42 Å². The van der Waals surface area contributed by atoms with Crippen molar-refractivity contribution in [1.82, 2.24) is 4.90 Å². The molecule has 0 bridgehead atoms. The zero-order chi connectivity index (χ0) is 7.82. The summed E-state index contributed by atoms with van der Waals surface area (Å²) in [5.74, 6) is 0. The largest absolute Gasteiger partial charge is 0.307 e. The van der Waals surface area contributed by atoms with Crippen LogP contribution >= 0.6 is 0 Å². The van der Waals surface area contributed by atoms with Crippen molar-refractivity contribution >= 4 is 6.29 Å². The van der Waals surface area contributed by atoms with E-state index >= 15 is 0 Å². The number of nitrogens with zero attached hydrogens (tertiary/aromatic N) is 1. The minimum absolute atomic E-state index is 0.595. The molecule has 0 saturated heterocycles. The second-order valence-corrected chi connectivity index (χ2v) is 2.50. The van der Waals surface area contributed by atoms with E-state index in [2.05, 4.69) is 18.9 Å². The monoisotopic (exact) mass is 142 g/mol. The highest BCUT2D eigenvalue weighted by atomic mass is 16.1. The molecule has 0 saturated carbocycles. The third kappa shape index (κ3) is 5.76. The van der Waals surface area contributed by atoms with Gasteiger partial charge in [-0.05, 0) is 33.0 Å². The fraction of sp³-hybridized carbons (Fsp3) is 0.875. The van der Waals surface area contributed by atoms with Gasteiger partial charge < -0.3 is 4.90 Å². The van der Waals surface area contributed by atoms with E-state index in [-0.39, 0.29) is 0 Å². The van der Waals surface area contributed by atoms with E-state index < -0.39 is 0 Å². The molecular weight excluding hydrogens is 126 g/mol. The summed E-state index contributed by atoms with van der Waals surface area (Å²) in [5.41, 5.74) is 0. The van der Waals surface area contributed by atoms with E-state index in [1.54, 1.807) is 0 Å². The average molecular weight is 142 g/mol. The van der Waals surface area contributed by atoms with Crippen molar-refractivity contribution in [2.75, 3.05) is 20.1 Å². The summed E-state index contributed by atoms with van der Waals surface area (Å²) in [5, 5.41) is 0. The molecule has 59 valence electrons. The van der Waals surface area contributed by atoms with Gasteiger partial charge in [-0.25, -0.2) is 0 Å². The van der Waals surface area contributed by atoms with Gasteiger partial charge in [0.1, 0.15) is 0 Å². The van der Waals surface area contributed by atoms with Crippen LogP contribution < -0.4 is 0 Å². The molecule has 1 radical (unpaired) electrons. The Morgan fingerprint density at radius 2 is 2.10 bits per heavy atom. The number of carbonyl (C=O) groups excluding carboxylic acids is 1. The van der Waals surface area contributed by atoms with Crippen LogP contribution in [-0.2, 0) is 4.79 Å². The first-order valence-electron chi connectivity index (χ1n) is 3.84. The molecule has 0 aliphatic heterocycles. The number of unbranched alkanes of at least 4 members (excludes halogenated alkanes) is 2. The van der Waals surface area contributed by atoms with Crippen molar-refractivity contribution in [3.05, 3.63) is 0 Å². The van der Waals surface area contributed by atoms with Crippen LogP contribution in [0, 0.1) is 0 Å². The Kier molecular flexibility index (Phi) is 6.50. The summed E-state index contributed by atoms with van der Waals surface area (Å²) in [6, 6.07) is 0. The first-order chi connectivity index (χ1) is 4.81. The van der Waals surface area contributed by atoms with Gasteiger partial charge >= 0.3 is 0 Å². The van der Waals surface area contributed by atoms with Crippen molar-refractivity contribution in [3.63, 3.8) is 0 Å². The van der Waals surface area contributed by atoms with Crippen molar-refractivity contribution in [2.45, 2.75) is 26.2 Å². The predicted molar refractivity (Wildman–Crippen MR) is 42.7 cm³/mol. The third-order valence-electron chi connectivity index (χ3n) is 1.61. The van der Waals surface area contributed by atoms with Crippen LogP contribution in [0.2, 0.25) is 0 Å². The fourth-order valence-electron chi connectivity index (χ4n) is 0.737. The summed E-state index contributed by atoms with van der Waals surface area (Å²) in [6.45, 7) is 4.31. The van der Waals surface area contributed by atoms with Gasteiger partial charge in [0.2, 0.25) is 0 Å². The Bertz CT molecular complexity index is 83.3. The van der Waals surface area contributed by atoms with Gasteiger partial charge in [-0.1, -0.05) is 6.92 Å². The summed E-state index contributed by atoms with van der Waals surface area (Å²) in [7, 11) is 2.09. The minimum Gasteiger partial charge on any atom is -0.307 e. The Labute approximate surface area is 63.2 Å². The van der Waals surface area contributed by atoms with Crippen LogP contribution in [0.4, 0.5) is 0 Å². The first-order valence-corrected chi connectivity index (χ1v) is 3.84. The van der Waals surface area contributed by atoms with Crippen molar-refractivity contribution in [2.24, 2.45) is 0 Å². The maximum Gasteiger partial charge on any atom is 0.198 e. The molecule has 0 amide bonds. The van der Waals surface area contributed by atoms with Crippen LogP contribution in [0.15, 0.2) is 0 Å². The third-order valence-corrected chi connectivity index (χ3v) is 1.61. The molecule has 0 aromatic rings. The van der Waals surface area contributed by atoms with Crippen molar-refractivity contribution in [3.8, 4) is 0 Å². The smallest absolute Gasteiger partial charge is 0.198 e. The van der Waals surface area contributed by atoms with E-state index in [1.807, 2.05) is 6.29 Å². The predicted octanol–water partition coefficient (Wildman–Crippen LogP) is 1.22. The summed E-state index contributed by atoms with van der Waals surface area (Å²) < 4.78 is 0. The van der Waals surface area contributed by atoms with E-state index in [0.717, 1.165) is 25.9 Å². The van der Waals surface area contributed by atoms with Crippen LogP contribution in [-0.4, -0.2) is 31.3 Å². The summed E-state index contributed by atoms with van der Waals surface area (Å²) in [4.78, 5) is 12.0. The summed E-state index contributed by atoms with van der Waals surface area (Å²) in [6.07, 6.45) is 4.58. The lowest BCUT2D eigenvalue weighted by Crippen LogP contribution is -2.18. The highest BCUT2D eigenvalue weighted by Gasteiger charge is 1.92. The van der Waals surface area contributed by atoms with Crippen LogP contribution in [0.5, 0.6) is 0 Å². The molecule has 0 spiro atoms. The highest BCUT2D eigenvalue weighted by Crippen LogP contribution is 1.94. The van der Waals surface area contributed by atoms with Gasteiger partial charge in [-0.2, -0.15) is 0 Å². The molecule has 0 N–H and O–H groups in total. The molecule has 0 rings (SSSR count). The number of rotatable bonds is 6. The van der Waals surface area contributed by atoms with Crippen molar-refractivity contribution in [1.29, 1.82) is 0 Å². The second kappa shape index (κ2) is 6.75. The maximum absolute atomic E-state index is 9.78. The Morgan fingerprint density at radius 3 is 2.60 bits per heavy atom. The first kappa shape index (κ1) is 9.63. The molecule has 2 heteroatoms. The second-order valence-electron chi connectivity index (χ2n) is 2.50. The normalized spacial score (nSPS) is 10.3. The molecule has 2 nitrogen and oxygen atoms in total. The molecule has 0 unspecified atom stereocenters. The van der Waals surface area contributed by atoms with E-state index in [4.69, 9.17) is 0 Å². The number of hydrogen-bond donors (Lipinski definition) is 0. The van der Waals surface area contributed by atoms with Gasteiger partial charge in [-0.3, -0.25) is 4.79 Å². The van der Waals surface area contributed by atoms with Gasteiger partial charge in [0.25, 0.3) is 0 Å². The lowest BCUT2D eigenvalue weighted by Gasteiger charge is -2.11. The molecule has 0 aliphatic carbocycles. The van der Waals surface area contributed by atoms with E-state index in [9.17, 15) is 4.79 Å². The highest BCUT2D eigenvalue weighted by molar-refractivity contribution is 5.50. The average Bonchev–Trinajstić information content (AvgIpc) is 1.98.